The molecule has 0 N–H and O–H groups in total. The van der Waals surface area contributed by atoms with Gasteiger partial charge in [-0.1, -0.05) is 17.7 Å². The topological polar surface area (TPSA) is 37.4 Å². The number of nitrogens with zero attached hydrogens (tertiary/aromatic N) is 1. The van der Waals surface area contributed by atoms with Crippen LogP contribution in [0.2, 0.25) is 0 Å². The van der Waals surface area contributed by atoms with Crippen molar-refractivity contribution in [2.45, 2.75) is 39.5 Å². The molecule has 120 valence electrons. The molecule has 1 heterocycles. The highest BCUT2D eigenvalue weighted by molar-refractivity contribution is 6.24. The lowest BCUT2D eigenvalue weighted by molar-refractivity contribution is 0.0957. The zero-order chi connectivity index (χ0) is 16.4. The lowest BCUT2D eigenvalue weighted by Gasteiger charge is -2.24. The highest BCUT2D eigenvalue weighted by Crippen LogP contribution is 2.27. The minimum atomic E-state index is -0.0365. The van der Waals surface area contributed by atoms with Crippen LogP contribution in [0, 0.1) is 0 Å². The average molecular weight is 309 g/mol. The van der Waals surface area contributed by atoms with E-state index in [0.717, 1.165) is 44.3 Å². The van der Waals surface area contributed by atoms with E-state index in [0.29, 0.717) is 16.8 Å². The second-order valence-electron chi connectivity index (χ2n) is 6.62. The normalized spacial score (nSPS) is 17.1. The zero-order valence-electron chi connectivity index (χ0n) is 13.9. The molecule has 1 aliphatic heterocycles. The second-order valence-corrected chi connectivity index (χ2v) is 6.62. The van der Waals surface area contributed by atoms with Crippen molar-refractivity contribution in [2.24, 2.45) is 0 Å². The summed E-state index contributed by atoms with van der Waals surface area (Å²) in [6.45, 7) is 5.92. The first kappa shape index (κ1) is 15.7. The van der Waals surface area contributed by atoms with Crippen molar-refractivity contribution in [1.82, 2.24) is 4.90 Å². The minimum absolute atomic E-state index is 0.00246. The first-order valence-electron chi connectivity index (χ1n) is 8.38. The molecule has 23 heavy (non-hydrogen) atoms. The molecule has 1 fully saturated rings. The maximum Gasteiger partial charge on any atom is 0.209 e. The molecule has 0 radical (unpaired) electrons. The smallest absolute Gasteiger partial charge is 0.209 e. The fourth-order valence-electron chi connectivity index (χ4n) is 3.27. The molecule has 0 unspecified atom stereocenters. The Balaban J connectivity index is 1.84. The number of fused-ring (bicyclic) bond motifs is 1. The molecule has 1 aliphatic carbocycles. The van der Waals surface area contributed by atoms with Gasteiger partial charge in [-0.25, -0.2) is 0 Å². The van der Waals surface area contributed by atoms with E-state index in [1.165, 1.54) is 11.6 Å². The molecular weight excluding hydrogens is 286 g/mol. The van der Waals surface area contributed by atoms with E-state index < -0.39 is 0 Å². The molecule has 0 saturated carbocycles. The van der Waals surface area contributed by atoms with Gasteiger partial charge < -0.3 is 4.90 Å². The summed E-state index contributed by atoms with van der Waals surface area (Å²) in [5, 5.41) is 0. The lowest BCUT2D eigenvalue weighted by Crippen LogP contribution is -2.29. The predicted octanol–water partition coefficient (Wildman–Crippen LogP) is 3.94. The van der Waals surface area contributed by atoms with Gasteiger partial charge in [-0.15, -0.1) is 0 Å². The standard InChI is InChI=1S/C20H23NO2/c1-14(2)6-5-7-15-8-9-16-17(12-15)19(22)13-18(20(16)23)21-10-3-4-11-21/h6,8-9,12-13H,3-5,7,10-11H2,1-2H3. The van der Waals surface area contributed by atoms with Gasteiger partial charge in [-0.3, -0.25) is 9.59 Å². The van der Waals surface area contributed by atoms with Crippen LogP contribution in [-0.4, -0.2) is 29.6 Å². The Labute approximate surface area is 137 Å². The van der Waals surface area contributed by atoms with Crippen LogP contribution in [0.5, 0.6) is 0 Å². The van der Waals surface area contributed by atoms with Gasteiger partial charge in [0.2, 0.25) is 5.78 Å². The quantitative estimate of drug-likeness (QED) is 0.790. The fraction of sp³-hybridized carbons (Fsp3) is 0.400. The third-order valence-electron chi connectivity index (χ3n) is 4.53. The van der Waals surface area contributed by atoms with Crippen LogP contribution in [0.3, 0.4) is 0 Å². The third kappa shape index (κ3) is 3.29. The summed E-state index contributed by atoms with van der Waals surface area (Å²) in [5.41, 5.74) is 4.11. The van der Waals surface area contributed by atoms with Crippen LogP contribution >= 0.6 is 0 Å². The molecule has 0 atom stereocenters. The monoisotopic (exact) mass is 309 g/mol. The number of ketones is 2. The number of benzene rings is 1. The van der Waals surface area contributed by atoms with Crippen molar-refractivity contribution in [1.29, 1.82) is 0 Å². The van der Waals surface area contributed by atoms with E-state index in [1.807, 2.05) is 23.1 Å². The first-order valence-corrected chi connectivity index (χ1v) is 8.38. The Kier molecular flexibility index (Phi) is 4.46. The maximum atomic E-state index is 12.7. The third-order valence-corrected chi connectivity index (χ3v) is 4.53. The molecule has 1 saturated heterocycles. The van der Waals surface area contributed by atoms with Crippen LogP contribution in [0.15, 0.2) is 41.6 Å². The number of hydrogen-bond donors (Lipinski definition) is 0. The Morgan fingerprint density at radius 3 is 2.57 bits per heavy atom. The number of Topliss-reactive ketones (excluding diaryl/α,β-unsaturated/α-hetero) is 1. The van der Waals surface area contributed by atoms with Crippen molar-refractivity contribution in [3.63, 3.8) is 0 Å². The van der Waals surface area contributed by atoms with Crippen LogP contribution in [0.25, 0.3) is 0 Å². The molecule has 0 amide bonds. The van der Waals surface area contributed by atoms with E-state index in [1.54, 1.807) is 0 Å². The summed E-state index contributed by atoms with van der Waals surface area (Å²) in [6.07, 6.45) is 7.76. The van der Waals surface area contributed by atoms with Gasteiger partial charge in [0.25, 0.3) is 0 Å². The zero-order valence-corrected chi connectivity index (χ0v) is 13.9. The highest BCUT2D eigenvalue weighted by atomic mass is 16.1. The maximum absolute atomic E-state index is 12.7. The number of aryl methyl sites for hydroxylation is 1. The van der Waals surface area contributed by atoms with E-state index in [-0.39, 0.29) is 11.6 Å². The SMILES string of the molecule is CC(C)=CCCc1ccc2c(c1)C(=O)C=C(N1CCCC1)C2=O. The summed E-state index contributed by atoms with van der Waals surface area (Å²) in [5.74, 6) is -0.0390. The molecule has 0 spiro atoms. The largest absolute Gasteiger partial charge is 0.368 e. The van der Waals surface area contributed by atoms with Crippen LogP contribution in [0.4, 0.5) is 0 Å². The van der Waals surface area contributed by atoms with E-state index in [9.17, 15) is 9.59 Å². The summed E-state index contributed by atoms with van der Waals surface area (Å²) in [4.78, 5) is 27.2. The van der Waals surface area contributed by atoms with Crippen molar-refractivity contribution >= 4 is 11.6 Å². The summed E-state index contributed by atoms with van der Waals surface area (Å²) >= 11 is 0. The van der Waals surface area contributed by atoms with Crippen LogP contribution in [-0.2, 0) is 6.42 Å². The Hall–Kier alpha value is -2.16. The fourth-order valence-corrected chi connectivity index (χ4v) is 3.27. The predicted molar refractivity (Wildman–Crippen MR) is 91.7 cm³/mol. The van der Waals surface area contributed by atoms with Crippen molar-refractivity contribution < 1.29 is 9.59 Å². The lowest BCUT2D eigenvalue weighted by atomic mass is 9.90. The molecule has 2 aliphatic rings. The Morgan fingerprint density at radius 2 is 1.87 bits per heavy atom. The number of likely N-dealkylation sites (tertiary alicyclic amines) is 1. The highest BCUT2D eigenvalue weighted by Gasteiger charge is 2.30. The van der Waals surface area contributed by atoms with Gasteiger partial charge in [-0.05, 0) is 57.2 Å². The van der Waals surface area contributed by atoms with Crippen molar-refractivity contribution in [2.75, 3.05) is 13.1 Å². The van der Waals surface area contributed by atoms with Crippen molar-refractivity contribution in [3.8, 4) is 0 Å². The van der Waals surface area contributed by atoms with Crippen LogP contribution < -0.4 is 0 Å². The number of carbonyl (C=O) groups excluding carboxylic acids is 2. The van der Waals surface area contributed by atoms with E-state index in [4.69, 9.17) is 0 Å². The van der Waals surface area contributed by atoms with Gasteiger partial charge in [0.15, 0.2) is 5.78 Å². The number of hydrogen-bond acceptors (Lipinski definition) is 3. The number of carbonyl (C=O) groups is 2. The van der Waals surface area contributed by atoms with Crippen LogP contribution in [0.1, 0.15) is 59.4 Å². The first-order chi connectivity index (χ1) is 11.1. The molecule has 0 bridgehead atoms. The molecule has 1 aromatic rings. The van der Waals surface area contributed by atoms with Gasteiger partial charge in [0, 0.05) is 30.3 Å². The summed E-state index contributed by atoms with van der Waals surface area (Å²) < 4.78 is 0. The Morgan fingerprint density at radius 1 is 1.13 bits per heavy atom. The van der Waals surface area contributed by atoms with E-state index >= 15 is 0 Å². The van der Waals surface area contributed by atoms with Gasteiger partial charge in [-0.2, -0.15) is 0 Å². The Bertz CT molecular complexity index is 702. The molecule has 3 nitrogen and oxygen atoms in total. The van der Waals surface area contributed by atoms with Gasteiger partial charge >= 0.3 is 0 Å². The average Bonchev–Trinajstić information content (AvgIpc) is 3.04. The van der Waals surface area contributed by atoms with Gasteiger partial charge in [0.05, 0.1) is 5.70 Å². The molecule has 3 rings (SSSR count). The minimum Gasteiger partial charge on any atom is -0.368 e. The number of rotatable bonds is 4. The molecule has 0 aromatic heterocycles. The molecule has 3 heteroatoms. The van der Waals surface area contributed by atoms with E-state index in [2.05, 4.69) is 19.9 Å². The summed E-state index contributed by atoms with van der Waals surface area (Å²) in [7, 11) is 0. The van der Waals surface area contributed by atoms with Crippen molar-refractivity contribution in [3.05, 3.63) is 58.3 Å². The second kappa shape index (κ2) is 6.53. The van der Waals surface area contributed by atoms with Gasteiger partial charge in [0.1, 0.15) is 0 Å². The number of allylic oxidation sites excluding steroid dienone is 4. The molecular formula is C20H23NO2. The summed E-state index contributed by atoms with van der Waals surface area (Å²) in [6, 6.07) is 5.71. The molecule has 1 aromatic carbocycles.